The van der Waals surface area contributed by atoms with E-state index in [2.05, 4.69) is 6.92 Å². The van der Waals surface area contributed by atoms with Crippen molar-refractivity contribution in [3.05, 3.63) is 0 Å². The van der Waals surface area contributed by atoms with E-state index in [-0.39, 0.29) is 0 Å². The van der Waals surface area contributed by atoms with Crippen LogP contribution in [0.4, 0.5) is 0 Å². The van der Waals surface area contributed by atoms with Gasteiger partial charge in [0.2, 0.25) is 0 Å². The summed E-state index contributed by atoms with van der Waals surface area (Å²) < 4.78 is 0. The number of aliphatic hydroxyl groups excluding tert-OH is 1. The van der Waals surface area contributed by atoms with Gasteiger partial charge in [0.05, 0.1) is 0 Å². The van der Waals surface area contributed by atoms with Crippen LogP contribution in [-0.2, 0) is 0 Å². The maximum Gasteiger partial charge on any atom is 0.125 e. The van der Waals surface area contributed by atoms with Crippen molar-refractivity contribution in [1.82, 2.24) is 0 Å². The molecule has 0 amide bonds. The maximum atomic E-state index is 7.82. The number of alkyl halides is 1. The zero-order valence-electron chi connectivity index (χ0n) is 14.6. The summed E-state index contributed by atoms with van der Waals surface area (Å²) in [4.78, 5) is 0. The Kier molecular flexibility index (Phi) is 25.1. The molecule has 0 heterocycles. The van der Waals surface area contributed by atoms with Crippen LogP contribution >= 0.6 is 11.6 Å². The highest BCUT2D eigenvalue weighted by atomic mass is 35.5. The fourth-order valence-corrected chi connectivity index (χ4v) is 2.34. The number of rotatable bonds is 14. The predicted molar refractivity (Wildman–Crippen MR) is 96.9 cm³/mol. The average molecular weight is 322 g/mol. The highest BCUT2D eigenvalue weighted by Gasteiger charge is 1.93. The quantitative estimate of drug-likeness (QED) is 0.305. The average Bonchev–Trinajstić information content (AvgIpc) is 2.43. The van der Waals surface area contributed by atoms with Crippen molar-refractivity contribution in [3.8, 4) is 0 Å². The molecule has 2 nitrogen and oxygen atoms in total. The molecule has 0 fully saturated rings. The van der Waals surface area contributed by atoms with Gasteiger partial charge in [-0.1, -0.05) is 102 Å². The van der Waals surface area contributed by atoms with E-state index in [0.717, 1.165) is 6.54 Å². The minimum absolute atomic E-state index is 0.694. The number of hydrogen-bond acceptors (Lipinski definition) is 2. The summed E-state index contributed by atoms with van der Waals surface area (Å²) in [5.41, 5.74) is 4.77. The van der Waals surface area contributed by atoms with Crippen LogP contribution in [0.1, 0.15) is 104 Å². The van der Waals surface area contributed by atoms with Gasteiger partial charge in [0, 0.05) is 0 Å². The van der Waals surface area contributed by atoms with Gasteiger partial charge in [-0.3, -0.25) is 0 Å². The standard InChI is InChI=1S/C16H35N.C2H5ClO/c1-2-3-4-5-6-7-8-9-10-11-12-13-14-15-16-17;1-2(3)4/h2-17H2,1H3;2,4H,1H3. The molecule has 130 valence electrons. The van der Waals surface area contributed by atoms with Gasteiger partial charge in [-0.25, -0.2) is 0 Å². The van der Waals surface area contributed by atoms with E-state index in [0.29, 0.717) is 0 Å². The predicted octanol–water partition coefficient (Wildman–Crippen LogP) is 5.99. The molecule has 0 aromatic heterocycles. The number of unbranched alkanes of at least 4 members (excludes halogenated alkanes) is 13. The molecular weight excluding hydrogens is 282 g/mol. The molecule has 1 atom stereocenters. The van der Waals surface area contributed by atoms with Gasteiger partial charge in [-0.2, -0.15) is 0 Å². The molecule has 0 aliphatic rings. The summed E-state index contributed by atoms with van der Waals surface area (Å²) in [7, 11) is 0. The number of nitrogens with two attached hydrogens (primary N) is 1. The maximum absolute atomic E-state index is 7.82. The number of aliphatic hydroxyl groups is 1. The number of halogens is 1. The highest BCUT2D eigenvalue weighted by Crippen LogP contribution is 2.12. The summed E-state index contributed by atoms with van der Waals surface area (Å²) >= 11 is 4.83. The van der Waals surface area contributed by atoms with Crippen LogP contribution in [0.25, 0.3) is 0 Å². The second kappa shape index (κ2) is 22.5. The Bertz CT molecular complexity index is 149. The SMILES string of the molecule is CC(O)Cl.CCCCCCCCCCCCCCCCN. The molecule has 0 aliphatic carbocycles. The van der Waals surface area contributed by atoms with E-state index in [1.165, 1.54) is 96.8 Å². The summed E-state index contributed by atoms with van der Waals surface area (Å²) in [6, 6.07) is 0. The van der Waals surface area contributed by atoms with E-state index < -0.39 is 5.56 Å². The van der Waals surface area contributed by atoms with Crippen LogP contribution < -0.4 is 5.73 Å². The molecule has 1 unspecified atom stereocenters. The third-order valence-corrected chi connectivity index (χ3v) is 3.56. The van der Waals surface area contributed by atoms with Crippen molar-refractivity contribution in [2.24, 2.45) is 5.73 Å². The first-order valence-corrected chi connectivity index (χ1v) is 9.61. The lowest BCUT2D eigenvalue weighted by molar-refractivity contribution is 0.277. The molecule has 0 rings (SSSR count). The molecule has 0 saturated carbocycles. The molecule has 0 saturated heterocycles. The van der Waals surface area contributed by atoms with Gasteiger partial charge in [0.1, 0.15) is 5.56 Å². The van der Waals surface area contributed by atoms with Gasteiger partial charge in [0.15, 0.2) is 0 Å². The Hall–Kier alpha value is 0.210. The summed E-state index contributed by atoms with van der Waals surface area (Å²) in [6.07, 6.45) is 19.9. The van der Waals surface area contributed by atoms with Crippen molar-refractivity contribution in [3.63, 3.8) is 0 Å². The Balaban J connectivity index is 0. The zero-order chi connectivity index (χ0) is 16.2. The van der Waals surface area contributed by atoms with E-state index in [4.69, 9.17) is 22.4 Å². The van der Waals surface area contributed by atoms with Crippen molar-refractivity contribution >= 4 is 11.6 Å². The van der Waals surface area contributed by atoms with Gasteiger partial charge in [-0.15, -0.1) is 0 Å². The molecule has 0 aromatic rings. The Labute approximate surface area is 138 Å². The molecular formula is C18H40ClNO. The third kappa shape index (κ3) is 33.2. The molecule has 21 heavy (non-hydrogen) atoms. The topological polar surface area (TPSA) is 46.2 Å². The molecule has 3 N–H and O–H groups in total. The van der Waals surface area contributed by atoms with Crippen LogP contribution in [0.5, 0.6) is 0 Å². The first-order valence-electron chi connectivity index (χ1n) is 9.17. The summed E-state index contributed by atoms with van der Waals surface area (Å²) in [6.45, 7) is 4.65. The lowest BCUT2D eigenvalue weighted by Gasteiger charge is -2.02. The van der Waals surface area contributed by atoms with Crippen molar-refractivity contribution < 1.29 is 5.11 Å². The Morgan fingerprint density at radius 2 is 0.952 bits per heavy atom. The highest BCUT2D eigenvalue weighted by molar-refractivity contribution is 6.19. The molecule has 0 aromatic carbocycles. The van der Waals surface area contributed by atoms with Crippen molar-refractivity contribution in [2.75, 3.05) is 6.54 Å². The van der Waals surface area contributed by atoms with E-state index >= 15 is 0 Å². The van der Waals surface area contributed by atoms with Crippen LogP contribution in [0, 0.1) is 0 Å². The van der Waals surface area contributed by atoms with Gasteiger partial charge < -0.3 is 10.8 Å². The van der Waals surface area contributed by atoms with Crippen molar-refractivity contribution in [1.29, 1.82) is 0 Å². The summed E-state index contributed by atoms with van der Waals surface area (Å²) in [5.74, 6) is 0. The van der Waals surface area contributed by atoms with Crippen LogP contribution in [0.2, 0.25) is 0 Å². The molecule has 0 spiro atoms. The minimum atomic E-state index is -0.694. The van der Waals surface area contributed by atoms with E-state index in [9.17, 15) is 0 Å². The number of hydrogen-bond donors (Lipinski definition) is 2. The second-order valence-electron chi connectivity index (χ2n) is 5.96. The summed E-state index contributed by atoms with van der Waals surface area (Å²) in [5, 5.41) is 7.82. The van der Waals surface area contributed by atoms with Gasteiger partial charge in [0.25, 0.3) is 0 Å². The van der Waals surface area contributed by atoms with Crippen LogP contribution in [0.3, 0.4) is 0 Å². The van der Waals surface area contributed by atoms with E-state index in [1.54, 1.807) is 0 Å². The largest absolute Gasteiger partial charge is 0.378 e. The molecule has 0 radical (unpaired) electrons. The Morgan fingerprint density at radius 3 is 1.19 bits per heavy atom. The second-order valence-corrected chi connectivity index (χ2v) is 6.59. The lowest BCUT2D eigenvalue weighted by atomic mass is 10.0. The fraction of sp³-hybridized carbons (Fsp3) is 1.00. The third-order valence-electron chi connectivity index (χ3n) is 3.56. The van der Waals surface area contributed by atoms with E-state index in [1.807, 2.05) is 0 Å². The Morgan fingerprint density at radius 1 is 0.714 bits per heavy atom. The van der Waals surface area contributed by atoms with Crippen LogP contribution in [0.15, 0.2) is 0 Å². The molecule has 0 aliphatic heterocycles. The van der Waals surface area contributed by atoms with Crippen molar-refractivity contribution in [2.45, 2.75) is 109 Å². The fourth-order valence-electron chi connectivity index (χ4n) is 2.34. The molecule has 3 heteroatoms. The smallest absolute Gasteiger partial charge is 0.125 e. The van der Waals surface area contributed by atoms with Crippen LogP contribution in [-0.4, -0.2) is 17.2 Å². The normalized spacial score (nSPS) is 11.9. The van der Waals surface area contributed by atoms with Gasteiger partial charge >= 0.3 is 0 Å². The minimum Gasteiger partial charge on any atom is -0.378 e. The first-order chi connectivity index (χ1) is 10.1. The zero-order valence-corrected chi connectivity index (χ0v) is 15.3. The lowest BCUT2D eigenvalue weighted by Crippen LogP contribution is -1.97. The molecule has 0 bridgehead atoms. The first kappa shape index (κ1) is 23.5. The van der Waals surface area contributed by atoms with Gasteiger partial charge in [-0.05, 0) is 19.9 Å². The monoisotopic (exact) mass is 321 g/mol.